The molecule has 1 saturated heterocycles. The number of rotatable bonds is 0. The SMILES string of the molecule is CN1CC[C@@H](F)[C@@H](N)C1. The predicted molar refractivity (Wildman–Crippen MR) is 35.0 cm³/mol. The summed E-state index contributed by atoms with van der Waals surface area (Å²) in [6.07, 6.45) is -0.182. The molecule has 0 unspecified atom stereocenters. The number of hydrogen-bond acceptors (Lipinski definition) is 2. The van der Waals surface area contributed by atoms with E-state index in [1.54, 1.807) is 0 Å². The van der Waals surface area contributed by atoms with Crippen molar-refractivity contribution >= 4 is 0 Å². The minimum atomic E-state index is -0.777. The van der Waals surface area contributed by atoms with Gasteiger partial charge in [0.1, 0.15) is 6.17 Å². The summed E-state index contributed by atoms with van der Waals surface area (Å²) < 4.78 is 12.6. The number of halogens is 1. The number of piperidine rings is 1. The maximum absolute atomic E-state index is 12.6. The molecule has 0 aromatic heterocycles. The van der Waals surface area contributed by atoms with Gasteiger partial charge < -0.3 is 10.6 Å². The molecule has 1 aliphatic rings. The van der Waals surface area contributed by atoms with E-state index >= 15 is 0 Å². The average molecular weight is 132 g/mol. The summed E-state index contributed by atoms with van der Waals surface area (Å²) >= 11 is 0. The van der Waals surface area contributed by atoms with Crippen molar-refractivity contribution in [3.63, 3.8) is 0 Å². The van der Waals surface area contributed by atoms with Crippen LogP contribution in [0.1, 0.15) is 6.42 Å². The minimum Gasteiger partial charge on any atom is -0.324 e. The lowest BCUT2D eigenvalue weighted by Gasteiger charge is -2.29. The maximum atomic E-state index is 12.6. The van der Waals surface area contributed by atoms with Crippen LogP contribution in [0, 0.1) is 0 Å². The second-order valence-electron chi connectivity index (χ2n) is 2.73. The number of nitrogens with two attached hydrogens (primary N) is 1. The first kappa shape index (κ1) is 6.96. The second-order valence-corrected chi connectivity index (χ2v) is 2.73. The topological polar surface area (TPSA) is 29.3 Å². The first-order valence-corrected chi connectivity index (χ1v) is 3.28. The molecule has 1 heterocycles. The molecule has 0 spiro atoms. The molecule has 2 N–H and O–H groups in total. The Morgan fingerprint density at radius 3 is 2.78 bits per heavy atom. The molecule has 0 radical (unpaired) electrons. The Balaban J connectivity index is 2.35. The summed E-state index contributed by atoms with van der Waals surface area (Å²) in [5.41, 5.74) is 5.45. The van der Waals surface area contributed by atoms with Crippen molar-refractivity contribution in [2.24, 2.45) is 5.73 Å². The Kier molecular flexibility index (Phi) is 2.03. The Morgan fingerprint density at radius 2 is 2.33 bits per heavy atom. The summed E-state index contributed by atoms with van der Waals surface area (Å²) in [7, 11) is 1.96. The number of likely N-dealkylation sites (N-methyl/N-ethyl adjacent to an activating group) is 1. The fourth-order valence-electron chi connectivity index (χ4n) is 1.12. The quantitative estimate of drug-likeness (QED) is 0.502. The zero-order valence-corrected chi connectivity index (χ0v) is 5.68. The van der Waals surface area contributed by atoms with E-state index in [0.717, 1.165) is 6.54 Å². The molecule has 1 fully saturated rings. The molecule has 1 rings (SSSR count). The molecule has 0 bridgehead atoms. The molecule has 0 amide bonds. The lowest BCUT2D eigenvalue weighted by molar-refractivity contribution is 0.148. The summed E-state index contributed by atoms with van der Waals surface area (Å²) in [6.45, 7) is 1.54. The van der Waals surface area contributed by atoms with E-state index in [-0.39, 0.29) is 6.04 Å². The summed E-state index contributed by atoms with van der Waals surface area (Å²) in [5, 5.41) is 0. The standard InChI is InChI=1S/C6H13FN2/c1-9-3-2-5(7)6(8)4-9/h5-6H,2-4,8H2,1H3/t5-,6+/m1/s1. The van der Waals surface area contributed by atoms with E-state index in [1.165, 1.54) is 0 Å². The van der Waals surface area contributed by atoms with E-state index in [9.17, 15) is 4.39 Å². The lowest BCUT2D eigenvalue weighted by atomic mass is 10.1. The van der Waals surface area contributed by atoms with Gasteiger partial charge in [0.15, 0.2) is 0 Å². The molecule has 1 aliphatic heterocycles. The molecule has 9 heavy (non-hydrogen) atoms. The van der Waals surface area contributed by atoms with Gasteiger partial charge in [-0.05, 0) is 13.5 Å². The van der Waals surface area contributed by atoms with E-state index in [0.29, 0.717) is 13.0 Å². The fourth-order valence-corrected chi connectivity index (χ4v) is 1.12. The summed E-state index contributed by atoms with van der Waals surface area (Å²) in [5.74, 6) is 0. The average Bonchev–Trinajstić information content (AvgIpc) is 1.80. The van der Waals surface area contributed by atoms with Crippen LogP contribution in [0.2, 0.25) is 0 Å². The summed E-state index contributed by atoms with van der Waals surface area (Å²) in [6, 6.07) is -0.260. The van der Waals surface area contributed by atoms with Crippen LogP contribution < -0.4 is 5.73 Å². The Bertz CT molecular complexity index is 97.1. The van der Waals surface area contributed by atoms with Crippen LogP contribution in [0.15, 0.2) is 0 Å². The Morgan fingerprint density at radius 1 is 1.67 bits per heavy atom. The third-order valence-corrected chi connectivity index (χ3v) is 1.77. The van der Waals surface area contributed by atoms with Crippen LogP contribution in [-0.4, -0.2) is 37.3 Å². The van der Waals surface area contributed by atoms with Crippen molar-refractivity contribution in [1.29, 1.82) is 0 Å². The third-order valence-electron chi connectivity index (χ3n) is 1.77. The smallest absolute Gasteiger partial charge is 0.118 e. The number of nitrogens with zero attached hydrogens (tertiary/aromatic N) is 1. The van der Waals surface area contributed by atoms with Crippen LogP contribution in [0.5, 0.6) is 0 Å². The number of alkyl halides is 1. The largest absolute Gasteiger partial charge is 0.324 e. The normalized spacial score (nSPS) is 39.0. The van der Waals surface area contributed by atoms with Gasteiger partial charge in [-0.2, -0.15) is 0 Å². The molecule has 2 nitrogen and oxygen atoms in total. The first-order chi connectivity index (χ1) is 4.20. The first-order valence-electron chi connectivity index (χ1n) is 3.28. The van der Waals surface area contributed by atoms with Crippen molar-refractivity contribution < 1.29 is 4.39 Å². The highest BCUT2D eigenvalue weighted by atomic mass is 19.1. The van der Waals surface area contributed by atoms with E-state index in [4.69, 9.17) is 5.73 Å². The third kappa shape index (κ3) is 1.63. The van der Waals surface area contributed by atoms with Gasteiger partial charge in [0, 0.05) is 19.1 Å². The molecular weight excluding hydrogens is 119 g/mol. The molecule has 2 atom stereocenters. The molecule has 54 valence electrons. The van der Waals surface area contributed by atoms with Gasteiger partial charge in [-0.15, -0.1) is 0 Å². The second kappa shape index (κ2) is 2.62. The molecule has 0 aromatic carbocycles. The molecule has 0 saturated carbocycles. The predicted octanol–water partition coefficient (Wildman–Crippen LogP) is -0.0127. The van der Waals surface area contributed by atoms with Crippen LogP contribution in [0.25, 0.3) is 0 Å². The van der Waals surface area contributed by atoms with Crippen molar-refractivity contribution in [2.75, 3.05) is 20.1 Å². The highest BCUT2D eigenvalue weighted by Gasteiger charge is 2.23. The van der Waals surface area contributed by atoms with Gasteiger partial charge >= 0.3 is 0 Å². The van der Waals surface area contributed by atoms with Crippen molar-refractivity contribution in [2.45, 2.75) is 18.6 Å². The zero-order chi connectivity index (χ0) is 6.85. The van der Waals surface area contributed by atoms with Gasteiger partial charge in [-0.3, -0.25) is 0 Å². The van der Waals surface area contributed by atoms with Gasteiger partial charge in [0.25, 0.3) is 0 Å². The Labute approximate surface area is 54.8 Å². The fraction of sp³-hybridized carbons (Fsp3) is 1.00. The van der Waals surface area contributed by atoms with Crippen molar-refractivity contribution in [1.82, 2.24) is 4.90 Å². The van der Waals surface area contributed by atoms with Gasteiger partial charge in [0.05, 0.1) is 0 Å². The highest BCUT2D eigenvalue weighted by molar-refractivity contribution is 4.80. The van der Waals surface area contributed by atoms with E-state index in [2.05, 4.69) is 4.90 Å². The molecule has 0 aliphatic carbocycles. The number of likely N-dealkylation sites (tertiary alicyclic amines) is 1. The Hall–Kier alpha value is -0.150. The van der Waals surface area contributed by atoms with Crippen LogP contribution in [0.4, 0.5) is 4.39 Å². The summed E-state index contributed by atoms with van der Waals surface area (Å²) in [4.78, 5) is 2.06. The number of hydrogen-bond donors (Lipinski definition) is 1. The lowest BCUT2D eigenvalue weighted by Crippen LogP contribution is -2.47. The zero-order valence-electron chi connectivity index (χ0n) is 5.68. The van der Waals surface area contributed by atoms with Gasteiger partial charge in [0.2, 0.25) is 0 Å². The monoisotopic (exact) mass is 132 g/mol. The molecule has 0 aromatic rings. The van der Waals surface area contributed by atoms with Gasteiger partial charge in [-0.25, -0.2) is 4.39 Å². The van der Waals surface area contributed by atoms with Crippen molar-refractivity contribution in [3.05, 3.63) is 0 Å². The highest BCUT2D eigenvalue weighted by Crippen LogP contribution is 2.10. The van der Waals surface area contributed by atoms with Crippen molar-refractivity contribution in [3.8, 4) is 0 Å². The van der Waals surface area contributed by atoms with Crippen LogP contribution in [-0.2, 0) is 0 Å². The van der Waals surface area contributed by atoms with E-state index in [1.807, 2.05) is 7.05 Å². The maximum Gasteiger partial charge on any atom is 0.118 e. The molecule has 3 heteroatoms. The van der Waals surface area contributed by atoms with E-state index < -0.39 is 6.17 Å². The van der Waals surface area contributed by atoms with Crippen LogP contribution in [0.3, 0.4) is 0 Å². The van der Waals surface area contributed by atoms with Gasteiger partial charge in [-0.1, -0.05) is 0 Å². The minimum absolute atomic E-state index is 0.260. The van der Waals surface area contributed by atoms with Crippen LogP contribution >= 0.6 is 0 Å². The molecular formula is C6H13FN2.